The lowest BCUT2D eigenvalue weighted by Gasteiger charge is -2.26. The second kappa shape index (κ2) is 7.34. The van der Waals surface area contributed by atoms with Gasteiger partial charge in [-0.25, -0.2) is 0 Å². The lowest BCUT2D eigenvalue weighted by molar-refractivity contribution is 0.181. The van der Waals surface area contributed by atoms with Gasteiger partial charge in [-0.05, 0) is 31.3 Å². The fraction of sp³-hybridized carbons (Fsp3) is 1.00. The molecule has 2 N–H and O–H groups in total. The third kappa shape index (κ3) is 4.57. The number of ether oxygens (including phenoxy) is 1. The minimum absolute atomic E-state index is 0.527. The molecule has 0 aromatic carbocycles. The van der Waals surface area contributed by atoms with E-state index >= 15 is 0 Å². The molecule has 0 bridgehead atoms. The minimum Gasteiger partial charge on any atom is -0.379 e. The fourth-order valence-electron chi connectivity index (χ4n) is 2.80. The quantitative estimate of drug-likeness (QED) is 0.713. The molecule has 3 heteroatoms. The highest BCUT2D eigenvalue weighted by molar-refractivity contribution is 4.82. The summed E-state index contributed by atoms with van der Waals surface area (Å²) in [5.41, 5.74) is 0. The summed E-state index contributed by atoms with van der Waals surface area (Å²) in [7, 11) is 2.03. The van der Waals surface area contributed by atoms with Crippen molar-refractivity contribution in [3.05, 3.63) is 0 Å². The average Bonchev–Trinajstić information content (AvgIpc) is 2.70. The Morgan fingerprint density at radius 1 is 1.12 bits per heavy atom. The van der Waals surface area contributed by atoms with Crippen molar-refractivity contribution >= 4 is 0 Å². The van der Waals surface area contributed by atoms with E-state index in [0.717, 1.165) is 44.1 Å². The van der Waals surface area contributed by atoms with Crippen molar-refractivity contribution in [2.24, 2.45) is 23.7 Å². The molecule has 1 heterocycles. The number of hydrogen-bond acceptors (Lipinski definition) is 3. The monoisotopic (exact) mass is 242 g/mol. The van der Waals surface area contributed by atoms with E-state index in [4.69, 9.17) is 4.74 Å². The summed E-state index contributed by atoms with van der Waals surface area (Å²) in [5.74, 6) is 2.90. The van der Waals surface area contributed by atoms with Gasteiger partial charge in [-0.3, -0.25) is 0 Å². The SMILES string of the molecule is CNC1COCC1CNCC(C(C)C)C(C)C. The van der Waals surface area contributed by atoms with Crippen LogP contribution in [-0.4, -0.2) is 39.4 Å². The van der Waals surface area contributed by atoms with Crippen molar-refractivity contribution in [3.8, 4) is 0 Å². The van der Waals surface area contributed by atoms with Gasteiger partial charge in [-0.15, -0.1) is 0 Å². The van der Waals surface area contributed by atoms with Gasteiger partial charge in [0.1, 0.15) is 0 Å². The largest absolute Gasteiger partial charge is 0.379 e. The van der Waals surface area contributed by atoms with Gasteiger partial charge >= 0.3 is 0 Å². The molecule has 0 aromatic rings. The standard InChI is InChI=1S/C14H30N2O/c1-10(2)13(11(3)4)7-16-6-12-8-17-9-14(12)15-5/h10-16H,6-9H2,1-5H3. The van der Waals surface area contributed by atoms with Crippen LogP contribution in [-0.2, 0) is 4.74 Å². The predicted molar refractivity (Wildman–Crippen MR) is 73.2 cm³/mol. The Balaban J connectivity index is 2.26. The number of nitrogens with one attached hydrogen (secondary N) is 2. The zero-order chi connectivity index (χ0) is 12.8. The van der Waals surface area contributed by atoms with Crippen LogP contribution in [0.1, 0.15) is 27.7 Å². The molecule has 0 aliphatic carbocycles. The molecule has 1 saturated heterocycles. The Bertz CT molecular complexity index is 198. The molecule has 2 unspecified atom stereocenters. The summed E-state index contributed by atoms with van der Waals surface area (Å²) >= 11 is 0. The van der Waals surface area contributed by atoms with E-state index in [9.17, 15) is 0 Å². The van der Waals surface area contributed by atoms with Crippen molar-refractivity contribution < 1.29 is 4.74 Å². The van der Waals surface area contributed by atoms with Crippen molar-refractivity contribution in [1.82, 2.24) is 10.6 Å². The maximum Gasteiger partial charge on any atom is 0.0623 e. The number of rotatable bonds is 7. The van der Waals surface area contributed by atoms with Gasteiger partial charge in [-0.1, -0.05) is 27.7 Å². The Kier molecular flexibility index (Phi) is 6.45. The second-order valence-corrected chi connectivity index (χ2v) is 6.00. The average molecular weight is 242 g/mol. The zero-order valence-corrected chi connectivity index (χ0v) is 12.1. The summed E-state index contributed by atoms with van der Waals surface area (Å²) in [6.07, 6.45) is 0. The lowest BCUT2D eigenvalue weighted by Crippen LogP contribution is -2.40. The van der Waals surface area contributed by atoms with E-state index in [0.29, 0.717) is 12.0 Å². The highest BCUT2D eigenvalue weighted by Gasteiger charge is 2.26. The molecule has 1 fully saturated rings. The summed E-state index contributed by atoms with van der Waals surface area (Å²) in [6, 6.07) is 0.527. The van der Waals surface area contributed by atoms with Crippen LogP contribution in [0.4, 0.5) is 0 Å². The molecule has 0 saturated carbocycles. The molecular formula is C14H30N2O. The third-order valence-corrected chi connectivity index (χ3v) is 4.07. The van der Waals surface area contributed by atoms with Crippen molar-refractivity contribution in [2.45, 2.75) is 33.7 Å². The molecule has 1 rings (SSSR count). The number of hydrogen-bond donors (Lipinski definition) is 2. The van der Waals surface area contributed by atoms with E-state index < -0.39 is 0 Å². The van der Waals surface area contributed by atoms with E-state index in [2.05, 4.69) is 38.3 Å². The van der Waals surface area contributed by atoms with Crippen LogP contribution in [0.5, 0.6) is 0 Å². The Hall–Kier alpha value is -0.120. The van der Waals surface area contributed by atoms with E-state index in [1.807, 2.05) is 7.05 Å². The van der Waals surface area contributed by atoms with Crippen LogP contribution in [0.15, 0.2) is 0 Å². The highest BCUT2D eigenvalue weighted by atomic mass is 16.5. The minimum atomic E-state index is 0.527. The van der Waals surface area contributed by atoms with Crippen LogP contribution in [0.25, 0.3) is 0 Å². The van der Waals surface area contributed by atoms with E-state index in [1.165, 1.54) is 0 Å². The Morgan fingerprint density at radius 3 is 2.29 bits per heavy atom. The summed E-state index contributed by atoms with van der Waals surface area (Å²) in [4.78, 5) is 0. The molecule has 0 amide bonds. The molecule has 1 aliphatic rings. The molecule has 102 valence electrons. The maximum absolute atomic E-state index is 5.51. The first-order valence-corrected chi connectivity index (χ1v) is 7.02. The predicted octanol–water partition coefficient (Wildman–Crippen LogP) is 1.74. The normalized spacial score (nSPS) is 25.4. The highest BCUT2D eigenvalue weighted by Crippen LogP contribution is 2.20. The first kappa shape index (κ1) is 14.9. The van der Waals surface area contributed by atoms with Crippen LogP contribution in [0, 0.1) is 23.7 Å². The van der Waals surface area contributed by atoms with Crippen LogP contribution >= 0.6 is 0 Å². The maximum atomic E-state index is 5.51. The molecular weight excluding hydrogens is 212 g/mol. The molecule has 1 aliphatic heterocycles. The van der Waals surface area contributed by atoms with Gasteiger partial charge in [0.25, 0.3) is 0 Å². The van der Waals surface area contributed by atoms with Gasteiger partial charge in [0.15, 0.2) is 0 Å². The Labute approximate surface area is 107 Å². The van der Waals surface area contributed by atoms with Crippen LogP contribution in [0.2, 0.25) is 0 Å². The zero-order valence-electron chi connectivity index (χ0n) is 12.1. The second-order valence-electron chi connectivity index (χ2n) is 6.00. The smallest absolute Gasteiger partial charge is 0.0623 e. The third-order valence-electron chi connectivity index (χ3n) is 4.07. The van der Waals surface area contributed by atoms with Crippen molar-refractivity contribution in [2.75, 3.05) is 33.4 Å². The van der Waals surface area contributed by atoms with Crippen molar-refractivity contribution in [3.63, 3.8) is 0 Å². The molecule has 2 atom stereocenters. The first-order chi connectivity index (χ1) is 8.06. The summed E-state index contributed by atoms with van der Waals surface area (Å²) in [6.45, 7) is 13.2. The van der Waals surface area contributed by atoms with Gasteiger partial charge < -0.3 is 15.4 Å². The molecule has 17 heavy (non-hydrogen) atoms. The fourth-order valence-corrected chi connectivity index (χ4v) is 2.80. The lowest BCUT2D eigenvalue weighted by atomic mass is 9.85. The molecule has 0 spiro atoms. The van der Waals surface area contributed by atoms with E-state index in [1.54, 1.807) is 0 Å². The molecule has 0 radical (unpaired) electrons. The summed E-state index contributed by atoms with van der Waals surface area (Å²) < 4.78 is 5.51. The number of likely N-dealkylation sites (N-methyl/N-ethyl adjacent to an activating group) is 1. The van der Waals surface area contributed by atoms with Gasteiger partial charge in [-0.2, -0.15) is 0 Å². The topological polar surface area (TPSA) is 33.3 Å². The molecule has 3 nitrogen and oxygen atoms in total. The van der Waals surface area contributed by atoms with Gasteiger partial charge in [0, 0.05) is 18.5 Å². The van der Waals surface area contributed by atoms with Crippen molar-refractivity contribution in [1.29, 1.82) is 0 Å². The molecule has 0 aromatic heterocycles. The van der Waals surface area contributed by atoms with E-state index in [-0.39, 0.29) is 0 Å². The van der Waals surface area contributed by atoms with Crippen LogP contribution in [0.3, 0.4) is 0 Å². The van der Waals surface area contributed by atoms with Gasteiger partial charge in [0.2, 0.25) is 0 Å². The van der Waals surface area contributed by atoms with Crippen LogP contribution < -0.4 is 10.6 Å². The summed E-state index contributed by atoms with van der Waals surface area (Å²) in [5, 5.41) is 6.97. The Morgan fingerprint density at radius 2 is 1.76 bits per heavy atom. The first-order valence-electron chi connectivity index (χ1n) is 7.02. The van der Waals surface area contributed by atoms with Gasteiger partial charge in [0.05, 0.1) is 13.2 Å².